The van der Waals surface area contributed by atoms with Crippen LogP contribution in [0.25, 0.3) is 11.4 Å². The van der Waals surface area contributed by atoms with Gasteiger partial charge in [-0.1, -0.05) is 24.3 Å². The highest BCUT2D eigenvalue weighted by molar-refractivity contribution is 6.28. The van der Waals surface area contributed by atoms with Crippen LogP contribution in [0.4, 0.5) is 26.3 Å². The fourth-order valence-electron chi connectivity index (χ4n) is 2.47. The number of halogens is 7. The van der Waals surface area contributed by atoms with Gasteiger partial charge >= 0.3 is 12.4 Å². The number of benzene rings is 1. The summed E-state index contributed by atoms with van der Waals surface area (Å²) < 4.78 is 86.8. The molecule has 0 saturated carbocycles. The molecule has 31 heavy (non-hydrogen) atoms. The maximum atomic E-state index is 12.8. The average Bonchev–Trinajstić information content (AvgIpc) is 3.07. The van der Waals surface area contributed by atoms with Crippen molar-refractivity contribution >= 4 is 11.6 Å². The van der Waals surface area contributed by atoms with E-state index in [0.717, 1.165) is 12.4 Å². The standard InChI is InChI=1S/C18H13ClF6N4O2/c1-29-7-13(18(23,24)25)27-14(29)11-4-2-10(3-5-11)8-30-15-12(6-26-16(19)28-15)31-9-17(20,21)22/h2-7H,8-9H2,1H3. The minimum atomic E-state index is -4.57. The number of ether oxygens (including phenoxy) is 2. The summed E-state index contributed by atoms with van der Waals surface area (Å²) in [5.74, 6) is -0.511. The number of aryl methyl sites for hydroxylation is 1. The first-order valence-corrected chi connectivity index (χ1v) is 8.85. The third-order valence-electron chi connectivity index (χ3n) is 3.84. The summed E-state index contributed by atoms with van der Waals surface area (Å²) in [6.45, 7) is -1.68. The zero-order valence-electron chi connectivity index (χ0n) is 15.6. The Kier molecular flexibility index (Phi) is 6.30. The van der Waals surface area contributed by atoms with Gasteiger partial charge in [0, 0.05) is 18.8 Å². The van der Waals surface area contributed by atoms with Crippen molar-refractivity contribution in [3.8, 4) is 23.0 Å². The quantitative estimate of drug-likeness (QED) is 0.375. The molecule has 0 fully saturated rings. The lowest BCUT2D eigenvalue weighted by atomic mass is 10.1. The van der Waals surface area contributed by atoms with E-state index in [4.69, 9.17) is 16.3 Å². The molecule has 2 aromatic heterocycles. The summed E-state index contributed by atoms with van der Waals surface area (Å²) >= 11 is 5.66. The topological polar surface area (TPSA) is 62.1 Å². The van der Waals surface area contributed by atoms with Crippen LogP contribution in [0.1, 0.15) is 11.3 Å². The van der Waals surface area contributed by atoms with E-state index < -0.39 is 24.7 Å². The van der Waals surface area contributed by atoms with Crippen molar-refractivity contribution in [3.05, 3.63) is 53.2 Å². The van der Waals surface area contributed by atoms with Crippen LogP contribution in [0.15, 0.2) is 36.7 Å². The molecule has 1 aromatic carbocycles. The molecule has 0 saturated heterocycles. The molecule has 0 aliphatic rings. The second-order valence-electron chi connectivity index (χ2n) is 6.26. The summed E-state index contributed by atoms with van der Waals surface area (Å²) in [6.07, 6.45) is -7.29. The Bertz CT molecular complexity index is 1050. The van der Waals surface area contributed by atoms with Gasteiger partial charge in [-0.05, 0) is 17.2 Å². The molecule has 0 aliphatic heterocycles. The lowest BCUT2D eigenvalue weighted by Crippen LogP contribution is -2.19. The van der Waals surface area contributed by atoms with Crippen molar-refractivity contribution in [1.82, 2.24) is 19.5 Å². The van der Waals surface area contributed by atoms with E-state index in [9.17, 15) is 26.3 Å². The third kappa shape index (κ3) is 6.00. The highest BCUT2D eigenvalue weighted by Gasteiger charge is 2.34. The molecular weight excluding hydrogens is 454 g/mol. The summed E-state index contributed by atoms with van der Waals surface area (Å²) in [5, 5.41) is -0.250. The number of imidazole rings is 1. The molecule has 0 amide bonds. The van der Waals surface area contributed by atoms with Gasteiger partial charge in [-0.3, -0.25) is 0 Å². The molecule has 166 valence electrons. The molecule has 6 nitrogen and oxygen atoms in total. The summed E-state index contributed by atoms with van der Waals surface area (Å²) in [5.41, 5.74) is -0.0176. The largest absolute Gasteiger partial charge is 0.477 e. The van der Waals surface area contributed by atoms with E-state index >= 15 is 0 Å². The third-order valence-corrected chi connectivity index (χ3v) is 4.02. The van der Waals surface area contributed by atoms with Gasteiger partial charge in [0.25, 0.3) is 5.88 Å². The number of hydrogen-bond acceptors (Lipinski definition) is 5. The van der Waals surface area contributed by atoms with Crippen molar-refractivity contribution in [2.24, 2.45) is 7.05 Å². The minimum Gasteiger partial charge on any atom is -0.477 e. The van der Waals surface area contributed by atoms with Crippen LogP contribution in [0.2, 0.25) is 5.28 Å². The zero-order valence-corrected chi connectivity index (χ0v) is 16.4. The van der Waals surface area contributed by atoms with Gasteiger partial charge in [-0.25, -0.2) is 9.97 Å². The molecule has 0 bridgehead atoms. The number of nitrogens with zero attached hydrogens (tertiary/aromatic N) is 4. The summed E-state index contributed by atoms with van der Waals surface area (Å²) in [6, 6.07) is 6.21. The first kappa shape index (κ1) is 22.7. The fraction of sp³-hybridized carbons (Fsp3) is 0.278. The smallest absolute Gasteiger partial charge is 0.434 e. The van der Waals surface area contributed by atoms with Crippen LogP contribution in [-0.2, 0) is 19.8 Å². The van der Waals surface area contributed by atoms with E-state index in [2.05, 4.69) is 19.7 Å². The summed E-state index contributed by atoms with van der Waals surface area (Å²) in [7, 11) is 1.44. The lowest BCUT2D eigenvalue weighted by molar-refractivity contribution is -0.153. The summed E-state index contributed by atoms with van der Waals surface area (Å²) in [4.78, 5) is 10.9. The van der Waals surface area contributed by atoms with Crippen molar-refractivity contribution in [3.63, 3.8) is 0 Å². The van der Waals surface area contributed by atoms with E-state index in [1.807, 2.05) is 0 Å². The van der Waals surface area contributed by atoms with Crippen LogP contribution >= 0.6 is 11.6 Å². The molecule has 3 rings (SSSR count). The molecule has 0 unspecified atom stereocenters. The molecule has 13 heteroatoms. The average molecular weight is 467 g/mol. The highest BCUT2D eigenvalue weighted by atomic mass is 35.5. The molecule has 0 atom stereocenters. The predicted octanol–water partition coefficient (Wildman–Crippen LogP) is 5.07. The molecule has 2 heterocycles. The van der Waals surface area contributed by atoms with E-state index in [1.54, 1.807) is 12.1 Å². The van der Waals surface area contributed by atoms with Gasteiger partial charge in [-0.15, -0.1) is 0 Å². The lowest BCUT2D eigenvalue weighted by Gasteiger charge is -2.13. The normalized spacial score (nSPS) is 12.1. The van der Waals surface area contributed by atoms with E-state index in [1.165, 1.54) is 23.7 Å². The van der Waals surface area contributed by atoms with Crippen LogP contribution in [-0.4, -0.2) is 32.3 Å². The second-order valence-corrected chi connectivity index (χ2v) is 6.59. The fourth-order valence-corrected chi connectivity index (χ4v) is 2.60. The Morgan fingerprint density at radius 2 is 1.68 bits per heavy atom. The van der Waals surface area contributed by atoms with Gasteiger partial charge in [0.05, 0.1) is 6.20 Å². The monoisotopic (exact) mass is 466 g/mol. The first-order chi connectivity index (χ1) is 14.4. The van der Waals surface area contributed by atoms with Crippen molar-refractivity contribution in [1.29, 1.82) is 0 Å². The maximum absolute atomic E-state index is 12.8. The zero-order chi connectivity index (χ0) is 22.8. The molecule has 3 aromatic rings. The number of rotatable bonds is 6. The van der Waals surface area contributed by atoms with Crippen molar-refractivity contribution in [2.45, 2.75) is 19.0 Å². The minimum absolute atomic E-state index is 0.116. The van der Waals surface area contributed by atoms with Crippen LogP contribution in [0.3, 0.4) is 0 Å². The molecule has 0 N–H and O–H groups in total. The predicted molar refractivity (Wildman–Crippen MR) is 96.6 cm³/mol. The van der Waals surface area contributed by atoms with Gasteiger partial charge < -0.3 is 14.0 Å². The molecule has 0 aliphatic carbocycles. The van der Waals surface area contributed by atoms with Crippen molar-refractivity contribution < 1.29 is 35.8 Å². The molecular formula is C18H13ClF6N4O2. The number of aromatic nitrogens is 4. The first-order valence-electron chi connectivity index (χ1n) is 8.47. The SMILES string of the molecule is Cn1cc(C(F)(F)F)nc1-c1ccc(COc2nc(Cl)ncc2OCC(F)(F)F)cc1. The Balaban J connectivity index is 1.72. The Hall–Kier alpha value is -3.02. The van der Waals surface area contributed by atoms with E-state index in [-0.39, 0.29) is 29.3 Å². The Morgan fingerprint density at radius 1 is 1.00 bits per heavy atom. The van der Waals surface area contributed by atoms with Gasteiger partial charge in [0.1, 0.15) is 12.4 Å². The van der Waals surface area contributed by atoms with Crippen LogP contribution in [0.5, 0.6) is 11.6 Å². The maximum Gasteiger partial charge on any atom is 0.434 e. The van der Waals surface area contributed by atoms with Crippen molar-refractivity contribution in [2.75, 3.05) is 6.61 Å². The van der Waals surface area contributed by atoms with Crippen LogP contribution in [0, 0.1) is 0 Å². The van der Waals surface area contributed by atoms with Gasteiger partial charge in [0.2, 0.25) is 5.28 Å². The van der Waals surface area contributed by atoms with Crippen LogP contribution < -0.4 is 9.47 Å². The van der Waals surface area contributed by atoms with Gasteiger partial charge in [-0.2, -0.15) is 31.3 Å². The number of hydrogen-bond donors (Lipinski definition) is 0. The molecule has 0 spiro atoms. The molecule has 0 radical (unpaired) electrons. The highest BCUT2D eigenvalue weighted by Crippen LogP contribution is 2.31. The second kappa shape index (κ2) is 8.61. The Morgan fingerprint density at radius 3 is 2.26 bits per heavy atom. The van der Waals surface area contributed by atoms with Gasteiger partial charge in [0.15, 0.2) is 18.1 Å². The Labute approximate surface area is 176 Å². The number of alkyl halides is 6. The van der Waals surface area contributed by atoms with E-state index in [0.29, 0.717) is 11.1 Å².